The van der Waals surface area contributed by atoms with Crippen LogP contribution in [0.4, 0.5) is 13.2 Å². The molecule has 0 aliphatic heterocycles. The summed E-state index contributed by atoms with van der Waals surface area (Å²) in [6, 6.07) is 5.44. The molecule has 0 aliphatic rings. The van der Waals surface area contributed by atoms with Crippen LogP contribution >= 0.6 is 0 Å². The third-order valence-electron chi connectivity index (χ3n) is 3.08. The van der Waals surface area contributed by atoms with E-state index in [-0.39, 0.29) is 12.1 Å². The highest BCUT2D eigenvalue weighted by molar-refractivity contribution is 5.26. The molecule has 0 aliphatic carbocycles. The second-order valence-electron chi connectivity index (χ2n) is 4.57. The summed E-state index contributed by atoms with van der Waals surface area (Å²) in [4.78, 5) is 0. The molecule has 5 heteroatoms. The average molecular weight is 275 g/mol. The van der Waals surface area contributed by atoms with Gasteiger partial charge in [-0.05, 0) is 31.0 Å². The van der Waals surface area contributed by atoms with Gasteiger partial charge in [0, 0.05) is 19.2 Å². The third-order valence-corrected chi connectivity index (χ3v) is 3.08. The van der Waals surface area contributed by atoms with E-state index in [0.717, 1.165) is 24.1 Å². The Morgan fingerprint density at radius 1 is 1.21 bits per heavy atom. The summed E-state index contributed by atoms with van der Waals surface area (Å²) in [5.74, 6) is 0. The number of ether oxygens (including phenoxy) is 1. The number of halogens is 3. The highest BCUT2D eigenvalue weighted by atomic mass is 19.4. The molecular formula is C14H20F3NO. The van der Waals surface area contributed by atoms with Crippen LogP contribution in [-0.2, 0) is 10.9 Å². The van der Waals surface area contributed by atoms with E-state index in [1.165, 1.54) is 12.1 Å². The fourth-order valence-electron chi connectivity index (χ4n) is 1.90. The molecule has 2 atom stereocenters. The standard InChI is InChI=1S/C14H20F3NO/c1-4-13(9-19-3)18-10(2)11-5-7-12(8-6-11)14(15,16)17/h5-8,10,13,18H,4,9H2,1-3H3. The van der Waals surface area contributed by atoms with Crippen molar-refractivity contribution >= 4 is 0 Å². The zero-order valence-corrected chi connectivity index (χ0v) is 11.4. The summed E-state index contributed by atoms with van der Waals surface area (Å²) in [6.07, 6.45) is -3.38. The molecule has 2 unspecified atom stereocenters. The zero-order chi connectivity index (χ0) is 14.5. The fourth-order valence-corrected chi connectivity index (χ4v) is 1.90. The van der Waals surface area contributed by atoms with Gasteiger partial charge in [-0.25, -0.2) is 0 Å². The first-order chi connectivity index (χ1) is 8.88. The van der Waals surface area contributed by atoms with E-state index in [4.69, 9.17) is 4.74 Å². The molecular weight excluding hydrogens is 255 g/mol. The predicted molar refractivity (Wildman–Crippen MR) is 68.9 cm³/mol. The van der Waals surface area contributed by atoms with Crippen molar-refractivity contribution in [2.45, 2.75) is 38.5 Å². The van der Waals surface area contributed by atoms with Gasteiger partial charge in [0.25, 0.3) is 0 Å². The smallest absolute Gasteiger partial charge is 0.383 e. The van der Waals surface area contributed by atoms with Crippen LogP contribution in [0.1, 0.15) is 37.4 Å². The lowest BCUT2D eigenvalue weighted by Gasteiger charge is -2.22. The summed E-state index contributed by atoms with van der Waals surface area (Å²) in [7, 11) is 1.63. The van der Waals surface area contributed by atoms with E-state index in [9.17, 15) is 13.2 Å². The summed E-state index contributed by atoms with van der Waals surface area (Å²) in [5, 5.41) is 3.34. The molecule has 0 spiro atoms. The van der Waals surface area contributed by atoms with Crippen LogP contribution < -0.4 is 5.32 Å². The number of hydrogen-bond acceptors (Lipinski definition) is 2. The van der Waals surface area contributed by atoms with E-state index in [0.29, 0.717) is 6.61 Å². The highest BCUT2D eigenvalue weighted by Gasteiger charge is 2.30. The largest absolute Gasteiger partial charge is 0.416 e. The summed E-state index contributed by atoms with van der Waals surface area (Å²) in [5.41, 5.74) is 0.218. The topological polar surface area (TPSA) is 21.3 Å². The van der Waals surface area contributed by atoms with Crippen LogP contribution in [0.3, 0.4) is 0 Å². The molecule has 1 aromatic carbocycles. The van der Waals surface area contributed by atoms with E-state index in [1.54, 1.807) is 7.11 Å². The van der Waals surface area contributed by atoms with Crippen molar-refractivity contribution in [2.24, 2.45) is 0 Å². The zero-order valence-electron chi connectivity index (χ0n) is 11.4. The van der Waals surface area contributed by atoms with Gasteiger partial charge in [0.05, 0.1) is 12.2 Å². The Morgan fingerprint density at radius 3 is 2.21 bits per heavy atom. The third kappa shape index (κ3) is 4.84. The predicted octanol–water partition coefficient (Wildman–Crippen LogP) is 3.78. The minimum Gasteiger partial charge on any atom is -0.383 e. The van der Waals surface area contributed by atoms with Crippen LogP contribution in [0.2, 0.25) is 0 Å². The quantitative estimate of drug-likeness (QED) is 0.853. The SMILES string of the molecule is CCC(COC)NC(C)c1ccc(C(F)(F)F)cc1. The van der Waals surface area contributed by atoms with E-state index in [2.05, 4.69) is 5.32 Å². The molecule has 0 aromatic heterocycles. The van der Waals surface area contributed by atoms with Crippen LogP contribution in [0, 0.1) is 0 Å². The maximum absolute atomic E-state index is 12.5. The van der Waals surface area contributed by atoms with Crippen LogP contribution in [0.15, 0.2) is 24.3 Å². The monoisotopic (exact) mass is 275 g/mol. The van der Waals surface area contributed by atoms with Crippen LogP contribution in [0.25, 0.3) is 0 Å². The van der Waals surface area contributed by atoms with Crippen LogP contribution in [-0.4, -0.2) is 19.8 Å². The molecule has 0 bridgehead atoms. The summed E-state index contributed by atoms with van der Waals surface area (Å²) < 4.78 is 42.4. The van der Waals surface area contributed by atoms with Gasteiger partial charge in [-0.15, -0.1) is 0 Å². The normalized spacial score (nSPS) is 15.3. The minimum absolute atomic E-state index is 0.0117. The number of methoxy groups -OCH3 is 1. The Kier molecular flexibility index (Phi) is 5.82. The van der Waals surface area contributed by atoms with Gasteiger partial charge in [0.2, 0.25) is 0 Å². The molecule has 0 radical (unpaired) electrons. The van der Waals surface area contributed by atoms with Gasteiger partial charge in [0.1, 0.15) is 0 Å². The number of rotatable bonds is 6. The van der Waals surface area contributed by atoms with Crippen molar-refractivity contribution in [3.05, 3.63) is 35.4 Å². The number of alkyl halides is 3. The van der Waals surface area contributed by atoms with Gasteiger partial charge < -0.3 is 10.1 Å². The summed E-state index contributed by atoms with van der Waals surface area (Å²) >= 11 is 0. The van der Waals surface area contributed by atoms with Gasteiger partial charge in [-0.2, -0.15) is 13.2 Å². The Hall–Kier alpha value is -1.07. The van der Waals surface area contributed by atoms with Crippen molar-refractivity contribution in [1.29, 1.82) is 0 Å². The fraction of sp³-hybridized carbons (Fsp3) is 0.571. The Labute approximate surface area is 112 Å². The molecule has 2 nitrogen and oxygen atoms in total. The van der Waals surface area contributed by atoms with Gasteiger partial charge in [-0.1, -0.05) is 19.1 Å². The van der Waals surface area contributed by atoms with E-state index >= 15 is 0 Å². The molecule has 0 heterocycles. The average Bonchev–Trinajstić information content (AvgIpc) is 2.37. The van der Waals surface area contributed by atoms with Crippen molar-refractivity contribution < 1.29 is 17.9 Å². The Morgan fingerprint density at radius 2 is 1.79 bits per heavy atom. The maximum Gasteiger partial charge on any atom is 0.416 e. The Balaban J connectivity index is 2.69. The molecule has 0 saturated carbocycles. The molecule has 0 fully saturated rings. The van der Waals surface area contributed by atoms with E-state index in [1.807, 2.05) is 13.8 Å². The van der Waals surface area contributed by atoms with Gasteiger partial charge in [-0.3, -0.25) is 0 Å². The summed E-state index contributed by atoms with van der Waals surface area (Å²) in [6.45, 7) is 4.55. The second kappa shape index (κ2) is 6.91. The maximum atomic E-state index is 12.5. The van der Waals surface area contributed by atoms with Crippen molar-refractivity contribution in [3.63, 3.8) is 0 Å². The first-order valence-corrected chi connectivity index (χ1v) is 6.30. The van der Waals surface area contributed by atoms with Gasteiger partial charge >= 0.3 is 6.18 Å². The lowest BCUT2D eigenvalue weighted by molar-refractivity contribution is -0.137. The lowest BCUT2D eigenvalue weighted by atomic mass is 10.0. The second-order valence-corrected chi connectivity index (χ2v) is 4.57. The molecule has 0 saturated heterocycles. The van der Waals surface area contributed by atoms with Crippen molar-refractivity contribution in [2.75, 3.05) is 13.7 Å². The van der Waals surface area contributed by atoms with Gasteiger partial charge in [0.15, 0.2) is 0 Å². The highest BCUT2D eigenvalue weighted by Crippen LogP contribution is 2.29. The minimum atomic E-state index is -4.28. The molecule has 1 rings (SSSR count). The van der Waals surface area contributed by atoms with Crippen molar-refractivity contribution in [3.8, 4) is 0 Å². The molecule has 1 aromatic rings. The number of benzene rings is 1. The molecule has 0 amide bonds. The number of hydrogen-bond donors (Lipinski definition) is 1. The van der Waals surface area contributed by atoms with Crippen molar-refractivity contribution in [1.82, 2.24) is 5.32 Å². The number of nitrogens with one attached hydrogen (secondary N) is 1. The first kappa shape index (κ1) is 16.0. The Bertz CT molecular complexity index is 375. The lowest BCUT2D eigenvalue weighted by Crippen LogP contribution is -2.34. The first-order valence-electron chi connectivity index (χ1n) is 6.30. The van der Waals surface area contributed by atoms with Crippen LogP contribution in [0.5, 0.6) is 0 Å². The molecule has 1 N–H and O–H groups in total. The molecule has 19 heavy (non-hydrogen) atoms. The molecule has 108 valence electrons. The van der Waals surface area contributed by atoms with E-state index < -0.39 is 11.7 Å².